The predicted octanol–water partition coefficient (Wildman–Crippen LogP) is 6.00. The number of halogens is 1. The van der Waals surface area contributed by atoms with Gasteiger partial charge in [-0.05, 0) is 68.8 Å². The van der Waals surface area contributed by atoms with Crippen molar-refractivity contribution in [1.29, 1.82) is 0 Å². The molecule has 0 saturated heterocycles. The fourth-order valence-electron chi connectivity index (χ4n) is 3.56. The molecule has 0 bridgehead atoms. The first-order valence-electron chi connectivity index (χ1n) is 11.0. The Labute approximate surface area is 198 Å². The van der Waals surface area contributed by atoms with Crippen molar-refractivity contribution in [3.8, 4) is 23.1 Å². The first-order chi connectivity index (χ1) is 16.4. The summed E-state index contributed by atoms with van der Waals surface area (Å²) in [5.41, 5.74) is 4.02. The van der Waals surface area contributed by atoms with Gasteiger partial charge < -0.3 is 14.8 Å². The zero-order chi connectivity index (χ0) is 24.1. The number of methoxy groups -OCH3 is 1. The minimum Gasteiger partial charge on any atom is -0.497 e. The first kappa shape index (κ1) is 23.0. The minimum absolute atomic E-state index is 0.0857. The Balaban J connectivity index is 1.62. The molecule has 0 fully saturated rings. The number of carbonyl (C=O) groups excluding carboxylic acids is 1. The second kappa shape index (κ2) is 10.2. The average molecular weight is 460 g/mol. The summed E-state index contributed by atoms with van der Waals surface area (Å²) in [4.78, 5) is 12.6. The number of aromatic nitrogens is 2. The third kappa shape index (κ3) is 5.26. The standard InChI is InChI=1S/C27H26FN3O3/c1-18-8-10-20(11-9-18)29-26(32)17-16-23-19(2)30-31(21-12-14-22(33-3)15-13-21)27(23)34-25-7-5-4-6-24(25)28/h4-15H,16-17H2,1-3H3,(H,29,32). The van der Waals surface area contributed by atoms with Gasteiger partial charge in [0.15, 0.2) is 11.6 Å². The van der Waals surface area contributed by atoms with Crippen LogP contribution in [0.25, 0.3) is 5.69 Å². The number of aryl methyl sites for hydroxylation is 2. The van der Waals surface area contributed by atoms with E-state index in [0.717, 1.165) is 22.5 Å². The molecule has 1 N–H and O–H groups in total. The van der Waals surface area contributed by atoms with Crippen molar-refractivity contribution in [3.05, 3.63) is 95.4 Å². The van der Waals surface area contributed by atoms with Crippen LogP contribution in [-0.4, -0.2) is 22.8 Å². The van der Waals surface area contributed by atoms with Gasteiger partial charge >= 0.3 is 0 Å². The van der Waals surface area contributed by atoms with E-state index in [0.29, 0.717) is 23.7 Å². The van der Waals surface area contributed by atoms with Crippen LogP contribution in [0.4, 0.5) is 10.1 Å². The molecule has 0 saturated carbocycles. The Morgan fingerprint density at radius 1 is 1.00 bits per heavy atom. The summed E-state index contributed by atoms with van der Waals surface area (Å²) >= 11 is 0. The number of hydrogen-bond donors (Lipinski definition) is 1. The predicted molar refractivity (Wildman–Crippen MR) is 129 cm³/mol. The second-order valence-electron chi connectivity index (χ2n) is 7.93. The topological polar surface area (TPSA) is 65.4 Å². The summed E-state index contributed by atoms with van der Waals surface area (Å²) in [7, 11) is 1.60. The maximum atomic E-state index is 14.4. The molecule has 1 amide bonds. The Hall–Kier alpha value is -4.13. The number of anilines is 1. The van der Waals surface area contributed by atoms with Gasteiger partial charge in [-0.2, -0.15) is 5.10 Å². The molecule has 0 spiro atoms. The van der Waals surface area contributed by atoms with Gasteiger partial charge in [-0.1, -0.05) is 29.8 Å². The van der Waals surface area contributed by atoms with Crippen LogP contribution in [0.5, 0.6) is 17.4 Å². The van der Waals surface area contributed by atoms with E-state index in [2.05, 4.69) is 10.4 Å². The number of benzene rings is 3. The van der Waals surface area contributed by atoms with Crippen LogP contribution in [0, 0.1) is 19.7 Å². The third-order valence-corrected chi connectivity index (χ3v) is 5.43. The molecule has 0 aliphatic rings. The van der Waals surface area contributed by atoms with Gasteiger partial charge in [0.05, 0.1) is 18.5 Å². The van der Waals surface area contributed by atoms with E-state index in [1.54, 1.807) is 30.0 Å². The minimum atomic E-state index is -0.481. The van der Waals surface area contributed by atoms with E-state index in [-0.39, 0.29) is 18.1 Å². The van der Waals surface area contributed by atoms with Crippen LogP contribution >= 0.6 is 0 Å². The number of nitrogens with zero attached hydrogens (tertiary/aromatic N) is 2. The lowest BCUT2D eigenvalue weighted by atomic mass is 10.1. The van der Waals surface area contributed by atoms with Crippen molar-refractivity contribution in [3.63, 3.8) is 0 Å². The van der Waals surface area contributed by atoms with E-state index in [9.17, 15) is 9.18 Å². The highest BCUT2D eigenvalue weighted by atomic mass is 19.1. The lowest BCUT2D eigenvalue weighted by Crippen LogP contribution is -2.12. The normalized spacial score (nSPS) is 10.7. The van der Waals surface area contributed by atoms with Crippen LogP contribution in [0.2, 0.25) is 0 Å². The van der Waals surface area contributed by atoms with Crippen molar-refractivity contribution >= 4 is 11.6 Å². The van der Waals surface area contributed by atoms with Gasteiger partial charge in [0.1, 0.15) is 5.75 Å². The molecule has 0 atom stereocenters. The van der Waals surface area contributed by atoms with E-state index >= 15 is 0 Å². The van der Waals surface area contributed by atoms with Crippen LogP contribution in [0.3, 0.4) is 0 Å². The second-order valence-corrected chi connectivity index (χ2v) is 7.93. The summed E-state index contributed by atoms with van der Waals surface area (Å²) in [5.74, 6) is 0.554. The van der Waals surface area contributed by atoms with E-state index in [4.69, 9.17) is 9.47 Å². The van der Waals surface area contributed by atoms with E-state index < -0.39 is 5.82 Å². The maximum absolute atomic E-state index is 14.4. The molecule has 4 aromatic rings. The smallest absolute Gasteiger partial charge is 0.226 e. The number of rotatable bonds is 8. The molecule has 3 aromatic carbocycles. The molecule has 1 heterocycles. The van der Waals surface area contributed by atoms with Gasteiger partial charge in [-0.3, -0.25) is 4.79 Å². The molecule has 174 valence electrons. The quantitative estimate of drug-likeness (QED) is 0.351. The highest BCUT2D eigenvalue weighted by Gasteiger charge is 2.21. The SMILES string of the molecule is COc1ccc(-n2nc(C)c(CCC(=O)Nc3ccc(C)cc3)c2Oc2ccccc2F)cc1. The summed E-state index contributed by atoms with van der Waals surface area (Å²) < 4.78 is 27.3. The van der Waals surface area contributed by atoms with Gasteiger partial charge in [-0.25, -0.2) is 9.07 Å². The van der Waals surface area contributed by atoms with Gasteiger partial charge in [0.2, 0.25) is 11.8 Å². The Morgan fingerprint density at radius 2 is 1.71 bits per heavy atom. The Morgan fingerprint density at radius 3 is 2.38 bits per heavy atom. The van der Waals surface area contributed by atoms with Crippen LogP contribution in [0.1, 0.15) is 23.2 Å². The monoisotopic (exact) mass is 459 g/mol. The summed E-state index contributed by atoms with van der Waals surface area (Å²) in [6.45, 7) is 3.84. The van der Waals surface area contributed by atoms with E-state index in [1.807, 2.05) is 62.4 Å². The molecule has 0 aliphatic carbocycles. The molecule has 0 radical (unpaired) electrons. The largest absolute Gasteiger partial charge is 0.497 e. The fourth-order valence-corrected chi connectivity index (χ4v) is 3.56. The molecule has 0 unspecified atom stereocenters. The number of ether oxygens (including phenoxy) is 2. The first-order valence-corrected chi connectivity index (χ1v) is 11.0. The Kier molecular flexibility index (Phi) is 6.92. The van der Waals surface area contributed by atoms with Crippen LogP contribution in [-0.2, 0) is 11.2 Å². The van der Waals surface area contributed by atoms with Crippen molar-refractivity contribution < 1.29 is 18.7 Å². The van der Waals surface area contributed by atoms with Crippen molar-refractivity contribution in [1.82, 2.24) is 9.78 Å². The number of amides is 1. The van der Waals surface area contributed by atoms with E-state index in [1.165, 1.54) is 6.07 Å². The number of nitrogens with one attached hydrogen (secondary N) is 1. The molecule has 1 aromatic heterocycles. The fraction of sp³-hybridized carbons (Fsp3) is 0.185. The summed E-state index contributed by atoms with van der Waals surface area (Å²) in [6.07, 6.45) is 0.597. The zero-order valence-corrected chi connectivity index (χ0v) is 19.3. The van der Waals surface area contributed by atoms with Crippen LogP contribution < -0.4 is 14.8 Å². The summed E-state index contributed by atoms with van der Waals surface area (Å²) in [6, 6.07) is 21.1. The van der Waals surface area contributed by atoms with Crippen molar-refractivity contribution in [2.75, 3.05) is 12.4 Å². The molecular weight excluding hydrogens is 433 g/mol. The average Bonchev–Trinajstić information content (AvgIpc) is 3.15. The lowest BCUT2D eigenvalue weighted by molar-refractivity contribution is -0.116. The highest BCUT2D eigenvalue weighted by molar-refractivity contribution is 5.90. The highest BCUT2D eigenvalue weighted by Crippen LogP contribution is 2.33. The molecule has 0 aliphatic heterocycles. The molecule has 6 nitrogen and oxygen atoms in total. The van der Waals surface area contributed by atoms with Crippen molar-refractivity contribution in [2.45, 2.75) is 26.7 Å². The van der Waals surface area contributed by atoms with Crippen molar-refractivity contribution in [2.24, 2.45) is 0 Å². The van der Waals surface area contributed by atoms with Gasteiger partial charge in [0, 0.05) is 17.7 Å². The van der Waals surface area contributed by atoms with Gasteiger partial charge in [-0.15, -0.1) is 0 Å². The number of para-hydroxylation sites is 1. The molecule has 7 heteroatoms. The molecule has 4 rings (SSSR count). The zero-order valence-electron chi connectivity index (χ0n) is 19.3. The Bertz CT molecular complexity index is 1280. The number of carbonyl (C=O) groups is 1. The molecule has 34 heavy (non-hydrogen) atoms. The molecular formula is C27H26FN3O3. The lowest BCUT2D eigenvalue weighted by Gasteiger charge is -2.12. The van der Waals surface area contributed by atoms with Gasteiger partial charge in [0.25, 0.3) is 0 Å². The summed E-state index contributed by atoms with van der Waals surface area (Å²) in [5, 5.41) is 7.54. The third-order valence-electron chi connectivity index (χ3n) is 5.43. The number of hydrogen-bond acceptors (Lipinski definition) is 4. The van der Waals surface area contributed by atoms with Crippen LogP contribution in [0.15, 0.2) is 72.8 Å². The maximum Gasteiger partial charge on any atom is 0.226 e.